The molecule has 0 bridgehead atoms. The Morgan fingerprint density at radius 3 is 3.00 bits per heavy atom. The van der Waals surface area contributed by atoms with E-state index in [9.17, 15) is 9.59 Å². The fourth-order valence-electron chi connectivity index (χ4n) is 2.12. The van der Waals surface area contributed by atoms with Gasteiger partial charge in [-0.05, 0) is 19.8 Å². The predicted octanol–water partition coefficient (Wildman–Crippen LogP) is 0.319. The number of thioether (sulfide) groups is 1. The number of amides is 1. The maximum atomic E-state index is 11.9. The van der Waals surface area contributed by atoms with Crippen molar-refractivity contribution in [3.8, 4) is 0 Å². The summed E-state index contributed by atoms with van der Waals surface area (Å²) >= 11 is 1.28. The molecule has 8 heteroatoms. The van der Waals surface area contributed by atoms with Gasteiger partial charge in [-0.1, -0.05) is 11.8 Å². The molecule has 20 heavy (non-hydrogen) atoms. The molecule has 1 N–H and O–H groups in total. The number of nitrogens with one attached hydrogen (secondary N) is 1. The molecule has 7 nitrogen and oxygen atoms in total. The Morgan fingerprint density at radius 2 is 2.40 bits per heavy atom. The minimum Gasteiger partial charge on any atom is -0.376 e. The van der Waals surface area contributed by atoms with Crippen LogP contribution < -0.4 is 5.69 Å². The second-order valence-electron chi connectivity index (χ2n) is 5.05. The molecule has 0 aromatic carbocycles. The zero-order valence-electron chi connectivity index (χ0n) is 12.0. The molecule has 1 aliphatic rings. The van der Waals surface area contributed by atoms with E-state index in [1.165, 1.54) is 16.7 Å². The average Bonchev–Trinajstić information content (AvgIpc) is 3.02. The monoisotopic (exact) mass is 300 g/mol. The molecule has 0 aliphatic carbocycles. The molecule has 1 aromatic rings. The van der Waals surface area contributed by atoms with Crippen LogP contribution in [0.1, 0.15) is 19.8 Å². The van der Waals surface area contributed by atoms with Crippen molar-refractivity contribution in [2.24, 2.45) is 0 Å². The summed E-state index contributed by atoms with van der Waals surface area (Å²) in [6.07, 6.45) is 2.04. The van der Waals surface area contributed by atoms with Crippen molar-refractivity contribution in [3.63, 3.8) is 0 Å². The van der Waals surface area contributed by atoms with Crippen molar-refractivity contribution in [3.05, 3.63) is 10.5 Å². The van der Waals surface area contributed by atoms with Gasteiger partial charge in [0.15, 0.2) is 5.16 Å². The fourth-order valence-corrected chi connectivity index (χ4v) is 3.13. The number of H-pyrrole nitrogens is 1. The Labute approximate surface area is 121 Å². The molecular weight excluding hydrogens is 280 g/mol. The van der Waals surface area contributed by atoms with E-state index in [2.05, 4.69) is 10.2 Å². The van der Waals surface area contributed by atoms with Crippen LogP contribution in [0.2, 0.25) is 0 Å². The third-order valence-electron chi connectivity index (χ3n) is 3.20. The minimum absolute atomic E-state index is 0.00545. The number of hydrogen-bond donors (Lipinski definition) is 1. The molecule has 0 radical (unpaired) electrons. The topological polar surface area (TPSA) is 80.2 Å². The zero-order valence-corrected chi connectivity index (χ0v) is 12.8. The minimum atomic E-state index is -0.288. The van der Waals surface area contributed by atoms with Gasteiger partial charge >= 0.3 is 5.69 Å². The summed E-state index contributed by atoms with van der Waals surface area (Å²) in [6.45, 7) is 3.04. The van der Waals surface area contributed by atoms with Crippen molar-refractivity contribution in [2.45, 2.75) is 42.8 Å². The SMILES string of the molecule is C[C@@H](Sc1n[nH]c(=O)n1C[C@H]1CCCO1)C(=O)N(C)C. The third-order valence-corrected chi connectivity index (χ3v) is 4.28. The highest BCUT2D eigenvalue weighted by atomic mass is 32.2. The Balaban J connectivity index is 2.08. The summed E-state index contributed by atoms with van der Waals surface area (Å²) in [5, 5.41) is 6.69. The van der Waals surface area contributed by atoms with Crippen molar-refractivity contribution in [2.75, 3.05) is 20.7 Å². The molecule has 2 heterocycles. The number of carbonyl (C=O) groups excluding carboxylic acids is 1. The van der Waals surface area contributed by atoms with Gasteiger partial charge in [-0.25, -0.2) is 9.89 Å². The van der Waals surface area contributed by atoms with Crippen LogP contribution in [0, 0.1) is 0 Å². The van der Waals surface area contributed by atoms with Crippen LogP contribution in [0.5, 0.6) is 0 Å². The molecule has 0 unspecified atom stereocenters. The van der Waals surface area contributed by atoms with Crippen molar-refractivity contribution < 1.29 is 9.53 Å². The Morgan fingerprint density at radius 1 is 1.65 bits per heavy atom. The lowest BCUT2D eigenvalue weighted by molar-refractivity contribution is -0.127. The molecule has 0 spiro atoms. The summed E-state index contributed by atoms with van der Waals surface area (Å²) in [5.41, 5.74) is -0.257. The van der Waals surface area contributed by atoms with Crippen LogP contribution in [0.15, 0.2) is 9.95 Å². The highest BCUT2D eigenvalue weighted by Gasteiger charge is 2.23. The summed E-state index contributed by atoms with van der Waals surface area (Å²) in [6, 6.07) is 0. The molecule has 0 saturated carbocycles. The first-order chi connectivity index (χ1) is 9.49. The lowest BCUT2D eigenvalue weighted by Crippen LogP contribution is -2.30. The summed E-state index contributed by atoms with van der Waals surface area (Å²) in [7, 11) is 3.42. The zero-order chi connectivity index (χ0) is 14.7. The van der Waals surface area contributed by atoms with E-state index in [0.29, 0.717) is 11.7 Å². The van der Waals surface area contributed by atoms with E-state index in [1.807, 2.05) is 6.92 Å². The maximum Gasteiger partial charge on any atom is 0.344 e. The van der Waals surface area contributed by atoms with Crippen molar-refractivity contribution >= 4 is 17.7 Å². The number of rotatable bonds is 5. The van der Waals surface area contributed by atoms with Gasteiger partial charge in [-0.2, -0.15) is 0 Å². The molecule has 1 aromatic heterocycles. The third kappa shape index (κ3) is 3.43. The van der Waals surface area contributed by atoms with Crippen LogP contribution in [0.4, 0.5) is 0 Å². The molecule has 1 fully saturated rings. The Bertz CT molecular complexity index is 519. The average molecular weight is 300 g/mol. The second-order valence-corrected chi connectivity index (χ2v) is 6.36. The Hall–Kier alpha value is -1.28. The maximum absolute atomic E-state index is 11.9. The standard InChI is InChI=1S/C12H20N4O3S/c1-8(10(17)15(2)3)20-12-14-13-11(18)16(12)7-9-5-4-6-19-9/h8-9H,4-7H2,1-3H3,(H,13,18)/t8-,9-/m1/s1. The smallest absolute Gasteiger partial charge is 0.344 e. The quantitative estimate of drug-likeness (QED) is 0.792. The van der Waals surface area contributed by atoms with Crippen LogP contribution in [0.25, 0.3) is 0 Å². The van der Waals surface area contributed by atoms with Gasteiger partial charge in [0.05, 0.1) is 17.9 Å². The molecule has 2 rings (SSSR count). The van der Waals surface area contributed by atoms with Gasteiger partial charge in [-0.15, -0.1) is 5.10 Å². The van der Waals surface area contributed by atoms with Crippen molar-refractivity contribution in [1.29, 1.82) is 0 Å². The van der Waals surface area contributed by atoms with Gasteiger partial charge in [-0.3, -0.25) is 9.36 Å². The molecule has 1 aliphatic heterocycles. The number of ether oxygens (including phenoxy) is 1. The molecule has 1 amide bonds. The largest absolute Gasteiger partial charge is 0.376 e. The van der Waals surface area contributed by atoms with Gasteiger partial charge in [0.2, 0.25) is 5.91 Å². The summed E-state index contributed by atoms with van der Waals surface area (Å²) < 4.78 is 7.10. The van der Waals surface area contributed by atoms with Gasteiger partial charge in [0, 0.05) is 20.7 Å². The van der Waals surface area contributed by atoms with E-state index in [-0.39, 0.29) is 23.0 Å². The first kappa shape index (κ1) is 15.1. The summed E-state index contributed by atoms with van der Waals surface area (Å²) in [5.74, 6) is -0.00545. The highest BCUT2D eigenvalue weighted by Crippen LogP contribution is 2.22. The van der Waals surface area contributed by atoms with E-state index in [4.69, 9.17) is 4.74 Å². The van der Waals surface area contributed by atoms with E-state index >= 15 is 0 Å². The van der Waals surface area contributed by atoms with E-state index in [1.54, 1.807) is 18.7 Å². The van der Waals surface area contributed by atoms with Crippen LogP contribution >= 0.6 is 11.8 Å². The first-order valence-corrected chi connectivity index (χ1v) is 7.51. The number of aromatic nitrogens is 3. The van der Waals surface area contributed by atoms with Crippen molar-refractivity contribution in [1.82, 2.24) is 19.7 Å². The lowest BCUT2D eigenvalue weighted by Gasteiger charge is -2.16. The lowest BCUT2D eigenvalue weighted by atomic mass is 10.2. The Kier molecular flexibility index (Phi) is 4.87. The molecule has 2 atom stereocenters. The van der Waals surface area contributed by atoms with Crippen LogP contribution in [-0.2, 0) is 16.1 Å². The van der Waals surface area contributed by atoms with E-state index < -0.39 is 0 Å². The van der Waals surface area contributed by atoms with Gasteiger partial charge in [0.25, 0.3) is 0 Å². The number of aromatic amines is 1. The highest BCUT2D eigenvalue weighted by molar-refractivity contribution is 8.00. The number of hydrogen-bond acceptors (Lipinski definition) is 5. The van der Waals surface area contributed by atoms with Gasteiger partial charge < -0.3 is 9.64 Å². The molecule has 112 valence electrons. The number of nitrogens with zero attached hydrogens (tertiary/aromatic N) is 3. The first-order valence-electron chi connectivity index (χ1n) is 6.63. The van der Waals surface area contributed by atoms with E-state index in [0.717, 1.165) is 19.4 Å². The fraction of sp³-hybridized carbons (Fsp3) is 0.750. The van der Waals surface area contributed by atoms with Crippen LogP contribution in [-0.4, -0.2) is 57.6 Å². The molecule has 1 saturated heterocycles. The summed E-state index contributed by atoms with van der Waals surface area (Å²) in [4.78, 5) is 25.2. The normalized spacial score (nSPS) is 20.1. The molecular formula is C12H20N4O3S. The predicted molar refractivity (Wildman–Crippen MR) is 75.8 cm³/mol. The number of carbonyl (C=O) groups is 1. The van der Waals surface area contributed by atoms with Gasteiger partial charge in [0.1, 0.15) is 0 Å². The van der Waals surface area contributed by atoms with Crippen LogP contribution in [0.3, 0.4) is 0 Å². The second kappa shape index (κ2) is 6.45.